The number of imidazole rings is 1. The summed E-state index contributed by atoms with van der Waals surface area (Å²) < 4.78 is 0. The summed E-state index contributed by atoms with van der Waals surface area (Å²) in [7, 11) is 0. The van der Waals surface area contributed by atoms with Crippen LogP contribution in [0.4, 0.5) is 4.79 Å². The second-order valence-corrected chi connectivity index (χ2v) is 5.95. The molecule has 0 saturated heterocycles. The SMILES string of the molecule is CC(C)CCNC(=O)NC1(c2ncc(C(=O)O)[nH]2)CCC1. The van der Waals surface area contributed by atoms with E-state index < -0.39 is 11.5 Å². The number of hydrogen-bond donors (Lipinski definition) is 4. The predicted octanol–water partition coefficient (Wildman–Crippen LogP) is 1.83. The lowest BCUT2D eigenvalue weighted by Crippen LogP contribution is -2.54. The van der Waals surface area contributed by atoms with Gasteiger partial charge in [0.05, 0.1) is 11.7 Å². The number of carbonyl (C=O) groups excluding carboxylic acids is 1. The fraction of sp³-hybridized carbons (Fsp3) is 0.643. The van der Waals surface area contributed by atoms with E-state index in [0.717, 1.165) is 25.7 Å². The van der Waals surface area contributed by atoms with E-state index in [-0.39, 0.29) is 11.7 Å². The first-order valence-corrected chi connectivity index (χ1v) is 7.28. The summed E-state index contributed by atoms with van der Waals surface area (Å²) in [5.41, 5.74) is -0.520. The van der Waals surface area contributed by atoms with Crippen LogP contribution in [-0.4, -0.2) is 33.6 Å². The zero-order valence-corrected chi connectivity index (χ0v) is 12.4. The number of aromatic carboxylic acids is 1. The van der Waals surface area contributed by atoms with E-state index >= 15 is 0 Å². The summed E-state index contributed by atoms with van der Waals surface area (Å²) in [5, 5.41) is 14.7. The van der Waals surface area contributed by atoms with Crippen LogP contribution in [-0.2, 0) is 5.54 Å². The minimum Gasteiger partial charge on any atom is -0.477 e. The molecule has 1 heterocycles. The van der Waals surface area contributed by atoms with Crippen LogP contribution >= 0.6 is 0 Å². The van der Waals surface area contributed by atoms with Crippen LogP contribution in [0.15, 0.2) is 6.20 Å². The second-order valence-electron chi connectivity index (χ2n) is 5.95. The Labute approximate surface area is 123 Å². The topological polar surface area (TPSA) is 107 Å². The molecule has 4 N–H and O–H groups in total. The molecule has 1 fully saturated rings. The van der Waals surface area contributed by atoms with Crippen molar-refractivity contribution in [2.45, 2.75) is 45.1 Å². The molecule has 1 aliphatic carbocycles. The van der Waals surface area contributed by atoms with Crippen molar-refractivity contribution in [3.8, 4) is 0 Å². The highest BCUT2D eigenvalue weighted by molar-refractivity contribution is 5.85. The Bertz CT molecular complexity index is 520. The highest BCUT2D eigenvalue weighted by Gasteiger charge is 2.42. The van der Waals surface area contributed by atoms with Crippen molar-refractivity contribution in [1.82, 2.24) is 20.6 Å². The number of carbonyl (C=O) groups is 2. The van der Waals surface area contributed by atoms with Gasteiger partial charge in [0.2, 0.25) is 0 Å². The van der Waals surface area contributed by atoms with Gasteiger partial charge in [-0.3, -0.25) is 0 Å². The lowest BCUT2D eigenvalue weighted by molar-refractivity contribution is 0.0690. The van der Waals surface area contributed by atoms with Gasteiger partial charge in [0, 0.05) is 6.54 Å². The molecule has 7 heteroatoms. The summed E-state index contributed by atoms with van der Waals surface area (Å²) >= 11 is 0. The van der Waals surface area contributed by atoms with Crippen LogP contribution in [0.2, 0.25) is 0 Å². The molecule has 1 aromatic rings. The summed E-state index contributed by atoms with van der Waals surface area (Å²) in [6, 6.07) is -0.233. The van der Waals surface area contributed by atoms with Gasteiger partial charge in [0.15, 0.2) is 0 Å². The van der Waals surface area contributed by atoms with Gasteiger partial charge in [-0.2, -0.15) is 0 Å². The maximum absolute atomic E-state index is 12.0. The minimum atomic E-state index is -1.05. The maximum Gasteiger partial charge on any atom is 0.353 e. The normalized spacial score (nSPS) is 16.3. The number of amides is 2. The smallest absolute Gasteiger partial charge is 0.353 e. The number of hydrogen-bond acceptors (Lipinski definition) is 3. The number of carboxylic acids is 1. The molecule has 2 amide bonds. The van der Waals surface area contributed by atoms with E-state index in [4.69, 9.17) is 5.11 Å². The zero-order chi connectivity index (χ0) is 15.5. The first-order valence-electron chi connectivity index (χ1n) is 7.28. The van der Waals surface area contributed by atoms with Crippen molar-refractivity contribution < 1.29 is 14.7 Å². The number of nitrogens with one attached hydrogen (secondary N) is 3. The number of rotatable bonds is 6. The van der Waals surface area contributed by atoms with Crippen molar-refractivity contribution in [2.75, 3.05) is 6.54 Å². The predicted molar refractivity (Wildman–Crippen MR) is 77.1 cm³/mol. The Morgan fingerprint density at radius 2 is 2.19 bits per heavy atom. The molecular formula is C14H22N4O3. The average molecular weight is 294 g/mol. The van der Waals surface area contributed by atoms with Gasteiger partial charge in [0.25, 0.3) is 0 Å². The van der Waals surface area contributed by atoms with Gasteiger partial charge in [0.1, 0.15) is 11.5 Å². The Morgan fingerprint density at radius 1 is 1.48 bits per heavy atom. The third-order valence-corrected chi connectivity index (χ3v) is 3.83. The standard InChI is InChI=1S/C14H22N4O3/c1-9(2)4-7-15-13(21)18-14(5-3-6-14)12-16-8-10(17-12)11(19)20/h8-9H,3-7H2,1-2H3,(H,16,17)(H,19,20)(H2,15,18,21). The Kier molecular flexibility index (Phi) is 4.50. The highest BCUT2D eigenvalue weighted by atomic mass is 16.4. The molecule has 2 rings (SSSR count). The molecule has 1 aliphatic rings. The maximum atomic E-state index is 12.0. The number of aromatic nitrogens is 2. The number of H-pyrrole nitrogens is 1. The van der Waals surface area contributed by atoms with E-state index in [1.807, 2.05) is 0 Å². The molecule has 0 spiro atoms. The molecular weight excluding hydrogens is 272 g/mol. The van der Waals surface area contributed by atoms with Crippen LogP contribution in [0.5, 0.6) is 0 Å². The van der Waals surface area contributed by atoms with Crippen LogP contribution in [0.3, 0.4) is 0 Å². The number of carboxylic acid groups (broad SMARTS) is 1. The third kappa shape index (κ3) is 3.53. The summed E-state index contributed by atoms with van der Waals surface area (Å²) in [4.78, 5) is 29.8. The van der Waals surface area contributed by atoms with E-state index in [1.54, 1.807) is 0 Å². The lowest BCUT2D eigenvalue weighted by atomic mass is 9.76. The monoisotopic (exact) mass is 294 g/mol. The largest absolute Gasteiger partial charge is 0.477 e. The van der Waals surface area contributed by atoms with Gasteiger partial charge in [-0.25, -0.2) is 14.6 Å². The van der Waals surface area contributed by atoms with E-state index in [0.29, 0.717) is 18.3 Å². The Morgan fingerprint density at radius 3 is 2.67 bits per heavy atom. The summed E-state index contributed by atoms with van der Waals surface area (Å²) in [6.45, 7) is 4.82. The molecule has 116 valence electrons. The fourth-order valence-electron chi connectivity index (χ4n) is 2.36. The Hall–Kier alpha value is -2.05. The van der Waals surface area contributed by atoms with Gasteiger partial charge in [-0.1, -0.05) is 13.8 Å². The molecule has 0 atom stereocenters. The molecule has 1 saturated carbocycles. The molecule has 0 radical (unpaired) electrons. The second kappa shape index (κ2) is 6.15. The molecule has 0 aromatic carbocycles. The summed E-state index contributed by atoms with van der Waals surface area (Å²) in [6.07, 6.45) is 4.71. The van der Waals surface area contributed by atoms with Crippen molar-refractivity contribution in [2.24, 2.45) is 5.92 Å². The quantitative estimate of drug-likeness (QED) is 0.642. The highest BCUT2D eigenvalue weighted by Crippen LogP contribution is 2.39. The fourth-order valence-corrected chi connectivity index (χ4v) is 2.36. The van der Waals surface area contributed by atoms with Gasteiger partial charge in [-0.05, 0) is 31.6 Å². The van der Waals surface area contributed by atoms with Crippen LogP contribution in [0.25, 0.3) is 0 Å². The first-order chi connectivity index (χ1) is 9.93. The minimum absolute atomic E-state index is 0.0401. The van der Waals surface area contributed by atoms with Gasteiger partial charge < -0.3 is 20.7 Å². The number of urea groups is 1. The van der Waals surface area contributed by atoms with Crippen molar-refractivity contribution in [3.63, 3.8) is 0 Å². The zero-order valence-electron chi connectivity index (χ0n) is 12.4. The first kappa shape index (κ1) is 15.3. The lowest BCUT2D eigenvalue weighted by Gasteiger charge is -2.40. The van der Waals surface area contributed by atoms with Crippen LogP contribution in [0.1, 0.15) is 55.8 Å². The van der Waals surface area contributed by atoms with Crippen molar-refractivity contribution >= 4 is 12.0 Å². The number of aromatic amines is 1. The van der Waals surface area contributed by atoms with Crippen LogP contribution < -0.4 is 10.6 Å². The summed E-state index contributed by atoms with van der Waals surface area (Å²) in [5.74, 6) is 0.000861. The van der Waals surface area contributed by atoms with E-state index in [9.17, 15) is 9.59 Å². The molecule has 1 aromatic heterocycles. The van der Waals surface area contributed by atoms with Gasteiger partial charge >= 0.3 is 12.0 Å². The van der Waals surface area contributed by atoms with E-state index in [2.05, 4.69) is 34.4 Å². The van der Waals surface area contributed by atoms with E-state index in [1.165, 1.54) is 6.20 Å². The molecule has 21 heavy (non-hydrogen) atoms. The molecule has 7 nitrogen and oxygen atoms in total. The van der Waals surface area contributed by atoms with Crippen LogP contribution in [0, 0.1) is 5.92 Å². The average Bonchev–Trinajstić information content (AvgIpc) is 2.83. The van der Waals surface area contributed by atoms with Crippen molar-refractivity contribution in [1.29, 1.82) is 0 Å². The third-order valence-electron chi connectivity index (χ3n) is 3.83. The Balaban J connectivity index is 1.97. The molecule has 0 aliphatic heterocycles. The number of nitrogens with zero attached hydrogens (tertiary/aromatic N) is 1. The molecule has 0 unspecified atom stereocenters. The molecule has 0 bridgehead atoms. The van der Waals surface area contributed by atoms with Crippen molar-refractivity contribution in [3.05, 3.63) is 17.7 Å². The van der Waals surface area contributed by atoms with Gasteiger partial charge in [-0.15, -0.1) is 0 Å².